The fourth-order valence-electron chi connectivity index (χ4n) is 4.55. The summed E-state index contributed by atoms with van der Waals surface area (Å²) in [6.45, 7) is 0.343. The molecule has 3 aliphatic rings. The van der Waals surface area contributed by atoms with Gasteiger partial charge in [-0.2, -0.15) is 0 Å². The lowest BCUT2D eigenvalue weighted by molar-refractivity contribution is 0.158. The molecule has 2 aromatic heterocycles. The van der Waals surface area contributed by atoms with Gasteiger partial charge in [-0.3, -0.25) is 0 Å². The molecule has 3 fully saturated rings. The van der Waals surface area contributed by atoms with Gasteiger partial charge in [0, 0.05) is 18.7 Å². The van der Waals surface area contributed by atoms with Crippen molar-refractivity contribution in [2.45, 2.75) is 44.2 Å². The predicted octanol–water partition coefficient (Wildman–Crippen LogP) is 1.98. The van der Waals surface area contributed by atoms with Crippen molar-refractivity contribution < 1.29 is 5.11 Å². The fourth-order valence-corrected chi connectivity index (χ4v) is 4.55. The number of hydrogen-bond donors (Lipinski definition) is 2. The number of fused-ring (bicyclic) bond motifs is 3. The highest BCUT2D eigenvalue weighted by Gasteiger charge is 2.46. The van der Waals surface area contributed by atoms with Gasteiger partial charge in [0.05, 0.1) is 6.33 Å². The third-order valence-electron chi connectivity index (χ3n) is 5.83. The Morgan fingerprint density at radius 2 is 2.05 bits per heavy atom. The monoisotopic (exact) mass is 299 g/mol. The molecule has 3 aliphatic carbocycles. The number of imidazole rings is 1. The Labute approximate surface area is 129 Å². The van der Waals surface area contributed by atoms with Gasteiger partial charge in [0.25, 0.3) is 0 Å². The van der Waals surface area contributed by atoms with Gasteiger partial charge in [0.1, 0.15) is 11.8 Å². The van der Waals surface area contributed by atoms with Crippen molar-refractivity contribution in [3.8, 4) is 0 Å². The highest BCUT2D eigenvalue weighted by molar-refractivity contribution is 5.83. The number of hydrogen-bond acceptors (Lipinski definition) is 5. The van der Waals surface area contributed by atoms with E-state index in [2.05, 4.69) is 24.8 Å². The van der Waals surface area contributed by atoms with Crippen molar-refractivity contribution in [3.63, 3.8) is 0 Å². The normalized spacial score (nSPS) is 33.7. The van der Waals surface area contributed by atoms with Crippen LogP contribution in [-0.2, 0) is 0 Å². The van der Waals surface area contributed by atoms with Gasteiger partial charge >= 0.3 is 0 Å². The molecule has 2 heterocycles. The summed E-state index contributed by atoms with van der Waals surface area (Å²) in [5.41, 5.74) is 1.85. The average Bonchev–Trinajstić information content (AvgIpc) is 2.98. The Morgan fingerprint density at radius 1 is 1.14 bits per heavy atom. The first-order valence-corrected chi connectivity index (χ1v) is 8.38. The summed E-state index contributed by atoms with van der Waals surface area (Å²) in [7, 11) is 0. The second-order valence-electron chi connectivity index (χ2n) is 7.20. The quantitative estimate of drug-likeness (QED) is 0.903. The van der Waals surface area contributed by atoms with E-state index < -0.39 is 0 Å². The first kappa shape index (κ1) is 12.8. The van der Waals surface area contributed by atoms with Crippen LogP contribution in [0.15, 0.2) is 12.7 Å². The van der Waals surface area contributed by atoms with E-state index >= 15 is 0 Å². The summed E-state index contributed by atoms with van der Waals surface area (Å²) in [5.74, 6) is 2.72. The number of aromatic nitrogens is 4. The molecule has 0 aromatic carbocycles. The van der Waals surface area contributed by atoms with Crippen molar-refractivity contribution in [3.05, 3.63) is 12.7 Å². The topological polar surface area (TPSA) is 75.9 Å². The molecule has 2 aromatic rings. The zero-order valence-corrected chi connectivity index (χ0v) is 12.5. The Bertz CT molecular complexity index is 710. The van der Waals surface area contributed by atoms with Gasteiger partial charge in [-0.1, -0.05) is 0 Å². The van der Waals surface area contributed by atoms with Crippen LogP contribution in [0.3, 0.4) is 0 Å². The molecule has 0 spiro atoms. The molecular weight excluding hydrogens is 278 g/mol. The van der Waals surface area contributed by atoms with Crippen LogP contribution in [0.4, 0.5) is 5.82 Å². The molecule has 22 heavy (non-hydrogen) atoms. The van der Waals surface area contributed by atoms with Crippen molar-refractivity contribution >= 4 is 17.0 Å². The SMILES string of the molecule is OC[C@H]1C[C@H]2C[C@@H]1C[C@@H]2n1cnc2c(NC3CC3)ncnc21. The van der Waals surface area contributed by atoms with Gasteiger partial charge in [-0.15, -0.1) is 0 Å². The van der Waals surface area contributed by atoms with Crippen LogP contribution in [0.1, 0.15) is 38.1 Å². The first-order valence-electron chi connectivity index (χ1n) is 8.38. The minimum atomic E-state index is 0.343. The van der Waals surface area contributed by atoms with Crippen molar-refractivity contribution in [2.75, 3.05) is 11.9 Å². The van der Waals surface area contributed by atoms with Crippen molar-refractivity contribution in [1.29, 1.82) is 0 Å². The van der Waals surface area contributed by atoms with E-state index in [1.165, 1.54) is 19.3 Å². The predicted molar refractivity (Wildman–Crippen MR) is 82.4 cm³/mol. The molecule has 0 amide bonds. The van der Waals surface area contributed by atoms with Gasteiger partial charge in [0.15, 0.2) is 11.5 Å². The Morgan fingerprint density at radius 3 is 2.77 bits per heavy atom. The fraction of sp³-hybridized carbons (Fsp3) is 0.688. The average molecular weight is 299 g/mol. The highest BCUT2D eigenvalue weighted by atomic mass is 16.3. The zero-order valence-electron chi connectivity index (χ0n) is 12.5. The number of anilines is 1. The second kappa shape index (κ2) is 4.65. The van der Waals surface area contributed by atoms with Crippen LogP contribution in [-0.4, -0.2) is 37.3 Å². The minimum absolute atomic E-state index is 0.343. The van der Waals surface area contributed by atoms with Gasteiger partial charge in [-0.25, -0.2) is 15.0 Å². The molecule has 3 saturated carbocycles. The Hall–Kier alpha value is -1.69. The van der Waals surface area contributed by atoms with E-state index in [-0.39, 0.29) is 0 Å². The number of aliphatic hydroxyl groups excluding tert-OH is 1. The van der Waals surface area contributed by atoms with E-state index in [4.69, 9.17) is 0 Å². The molecule has 6 nitrogen and oxygen atoms in total. The van der Waals surface area contributed by atoms with E-state index in [9.17, 15) is 5.11 Å². The summed E-state index contributed by atoms with van der Waals surface area (Å²) in [6.07, 6.45) is 9.57. The lowest BCUT2D eigenvalue weighted by Crippen LogP contribution is -2.22. The maximum atomic E-state index is 9.45. The van der Waals surface area contributed by atoms with E-state index in [1.54, 1.807) is 6.33 Å². The van der Waals surface area contributed by atoms with Gasteiger partial charge in [-0.05, 0) is 49.9 Å². The minimum Gasteiger partial charge on any atom is -0.396 e. The van der Waals surface area contributed by atoms with Gasteiger partial charge in [0.2, 0.25) is 0 Å². The van der Waals surface area contributed by atoms with Crippen LogP contribution in [0.2, 0.25) is 0 Å². The first-order chi connectivity index (χ1) is 10.8. The van der Waals surface area contributed by atoms with Crippen LogP contribution in [0.25, 0.3) is 11.2 Å². The lowest BCUT2D eigenvalue weighted by Gasteiger charge is -2.27. The maximum absolute atomic E-state index is 9.45. The third kappa shape index (κ3) is 1.86. The Balaban J connectivity index is 1.48. The second-order valence-corrected chi connectivity index (χ2v) is 7.20. The van der Waals surface area contributed by atoms with Crippen molar-refractivity contribution in [2.24, 2.45) is 17.8 Å². The number of aliphatic hydroxyl groups is 1. The zero-order chi connectivity index (χ0) is 14.7. The molecule has 116 valence electrons. The molecular formula is C16H21N5O. The molecule has 0 saturated heterocycles. The lowest BCUT2D eigenvalue weighted by atomic mass is 9.86. The molecule has 6 heteroatoms. The van der Waals surface area contributed by atoms with E-state index in [0.717, 1.165) is 29.8 Å². The summed E-state index contributed by atoms with van der Waals surface area (Å²) >= 11 is 0. The van der Waals surface area contributed by atoms with Gasteiger partial charge < -0.3 is 15.0 Å². The van der Waals surface area contributed by atoms with Crippen molar-refractivity contribution in [1.82, 2.24) is 19.5 Å². The summed E-state index contributed by atoms with van der Waals surface area (Å²) in [6, 6.07) is 1.05. The van der Waals surface area contributed by atoms with E-state index in [0.29, 0.717) is 36.4 Å². The molecule has 5 rings (SSSR count). The van der Waals surface area contributed by atoms with Crippen LogP contribution in [0, 0.1) is 17.8 Å². The third-order valence-corrected chi connectivity index (χ3v) is 5.83. The largest absolute Gasteiger partial charge is 0.396 e. The van der Waals surface area contributed by atoms with Crippen LogP contribution >= 0.6 is 0 Å². The standard InChI is InChI=1S/C16H21N5O/c22-6-11-4-10-3-9(11)5-13(10)21-8-19-14-15(20-12-1-2-12)17-7-18-16(14)21/h7-13,22H,1-6H2,(H,17,18,20)/t9-,10-,11-,13+/m1/s1. The van der Waals surface area contributed by atoms with E-state index in [1.807, 2.05) is 6.33 Å². The number of nitrogens with zero attached hydrogens (tertiary/aromatic N) is 4. The summed E-state index contributed by atoms with van der Waals surface area (Å²) < 4.78 is 2.26. The maximum Gasteiger partial charge on any atom is 0.165 e. The highest BCUT2D eigenvalue weighted by Crippen LogP contribution is 2.54. The molecule has 0 unspecified atom stereocenters. The Kier molecular flexibility index (Phi) is 2.71. The van der Waals surface area contributed by atoms with Crippen LogP contribution < -0.4 is 5.32 Å². The summed E-state index contributed by atoms with van der Waals surface area (Å²) in [4.78, 5) is 13.5. The smallest absolute Gasteiger partial charge is 0.165 e. The summed E-state index contributed by atoms with van der Waals surface area (Å²) in [5, 5.41) is 12.9. The molecule has 2 bridgehead atoms. The molecule has 0 radical (unpaired) electrons. The molecule has 2 N–H and O–H groups in total. The number of rotatable bonds is 4. The van der Waals surface area contributed by atoms with Crippen LogP contribution in [0.5, 0.6) is 0 Å². The molecule has 4 atom stereocenters. The number of nitrogens with one attached hydrogen (secondary N) is 1. The molecule has 0 aliphatic heterocycles.